The van der Waals surface area contributed by atoms with Gasteiger partial charge in [0.1, 0.15) is 6.79 Å². The van der Waals surface area contributed by atoms with Crippen molar-refractivity contribution in [2.24, 2.45) is 4.99 Å². The van der Waals surface area contributed by atoms with Gasteiger partial charge in [0.2, 0.25) is 5.90 Å². The maximum absolute atomic E-state index is 12.1. The molecule has 0 aromatic heterocycles. The van der Waals surface area contributed by atoms with E-state index in [0.717, 1.165) is 5.56 Å². The van der Waals surface area contributed by atoms with Gasteiger partial charge >= 0.3 is 5.97 Å². The molecule has 0 N–H and O–H groups in total. The van der Waals surface area contributed by atoms with Crippen molar-refractivity contribution in [1.82, 2.24) is 0 Å². The number of methoxy groups -OCH3 is 1. The van der Waals surface area contributed by atoms with Crippen LogP contribution in [-0.2, 0) is 30.3 Å². The monoisotopic (exact) mass is 435 g/mol. The van der Waals surface area contributed by atoms with E-state index in [-0.39, 0.29) is 19.3 Å². The Labute approximate surface area is 173 Å². The number of hydrogen-bond acceptors (Lipinski definition) is 6. The number of hydrogen-bond donors (Lipinski definition) is 0. The summed E-state index contributed by atoms with van der Waals surface area (Å²) in [6, 6.07) is 9.75. The number of rotatable bonds is 8. The van der Waals surface area contributed by atoms with Crippen molar-refractivity contribution in [3.63, 3.8) is 0 Å². The van der Waals surface area contributed by atoms with Crippen LogP contribution in [0.4, 0.5) is 0 Å². The molecule has 1 aliphatic heterocycles. The molecule has 0 aliphatic carbocycles. The van der Waals surface area contributed by atoms with Crippen LogP contribution in [0.15, 0.2) is 47.5 Å². The Kier molecular flexibility index (Phi) is 7.94. The van der Waals surface area contributed by atoms with Crippen molar-refractivity contribution in [2.75, 3.05) is 20.5 Å². The molecule has 1 aromatic rings. The molecule has 1 aliphatic rings. The highest BCUT2D eigenvalue weighted by Gasteiger charge is 2.52. The predicted octanol–water partition coefficient (Wildman–Crippen LogP) is 3.83. The quantitative estimate of drug-likeness (QED) is 0.204. The number of nitrogens with zero attached hydrogens (tertiary/aromatic N) is 1. The van der Waals surface area contributed by atoms with E-state index in [9.17, 15) is 4.79 Å². The molecule has 2 rings (SSSR count). The van der Waals surface area contributed by atoms with E-state index in [1.807, 2.05) is 30.3 Å². The van der Waals surface area contributed by atoms with Gasteiger partial charge in [-0.05, 0) is 18.6 Å². The Hall–Kier alpha value is -1.31. The Bertz CT molecular complexity index is 690. The highest BCUT2D eigenvalue weighted by atomic mass is 35.6. The minimum Gasteiger partial charge on any atom is -0.467 e. The number of carbonyl (C=O) groups excluding carboxylic acids is 1. The first kappa shape index (κ1) is 22.0. The maximum Gasteiger partial charge on any atom is 0.337 e. The molecule has 1 aromatic carbocycles. The van der Waals surface area contributed by atoms with Gasteiger partial charge in [0.15, 0.2) is 11.6 Å². The molecule has 0 spiro atoms. The SMILES string of the molecule is COC(=O)[C@@]1(C)N=C(C(Cl)(Cl)Cl)O[C@H]1/C=C/COCOCc1ccccc1. The third kappa shape index (κ3) is 6.09. The molecule has 6 nitrogen and oxygen atoms in total. The summed E-state index contributed by atoms with van der Waals surface area (Å²) in [4.78, 5) is 16.2. The second kappa shape index (κ2) is 9.75. The molecule has 0 bridgehead atoms. The lowest BCUT2D eigenvalue weighted by Gasteiger charge is -2.22. The third-order valence-electron chi connectivity index (χ3n) is 3.77. The lowest BCUT2D eigenvalue weighted by Crippen LogP contribution is -2.42. The normalized spacial score (nSPS) is 22.6. The number of aliphatic imine (C=N–C) groups is 1. The van der Waals surface area contributed by atoms with Crippen molar-refractivity contribution in [3.8, 4) is 0 Å². The minimum absolute atomic E-state index is 0.120. The molecule has 0 radical (unpaired) electrons. The smallest absolute Gasteiger partial charge is 0.337 e. The van der Waals surface area contributed by atoms with Crippen molar-refractivity contribution in [3.05, 3.63) is 48.0 Å². The molecular formula is C18H20Cl3NO5. The van der Waals surface area contributed by atoms with Crippen LogP contribution in [0.3, 0.4) is 0 Å². The minimum atomic E-state index is -1.88. The van der Waals surface area contributed by atoms with Gasteiger partial charge in [-0.3, -0.25) is 0 Å². The van der Waals surface area contributed by atoms with Crippen molar-refractivity contribution < 1.29 is 23.7 Å². The van der Waals surface area contributed by atoms with E-state index in [1.165, 1.54) is 7.11 Å². The fourth-order valence-electron chi connectivity index (χ4n) is 2.35. The standard InChI is InChI=1S/C18H20Cl3NO5/c1-17(16(23)24-2)14(27-15(22-17)18(19,20)21)9-6-10-25-12-26-11-13-7-4-3-5-8-13/h3-9,14H,10-12H2,1-2H3/b9-6+/t14-,17-/m0/s1. The molecule has 0 saturated carbocycles. The molecule has 1 heterocycles. The fourth-order valence-corrected chi connectivity index (χ4v) is 2.61. The summed E-state index contributed by atoms with van der Waals surface area (Å²) in [5.74, 6) is -0.768. The number of carbonyl (C=O) groups is 1. The molecule has 148 valence electrons. The zero-order valence-electron chi connectivity index (χ0n) is 14.9. The molecule has 9 heteroatoms. The zero-order valence-corrected chi connectivity index (χ0v) is 17.1. The van der Waals surface area contributed by atoms with Crippen LogP contribution in [0, 0.1) is 0 Å². The van der Waals surface area contributed by atoms with Gasteiger partial charge in [0, 0.05) is 0 Å². The third-order valence-corrected chi connectivity index (χ3v) is 4.26. The van der Waals surface area contributed by atoms with E-state index in [0.29, 0.717) is 6.61 Å². The van der Waals surface area contributed by atoms with E-state index in [2.05, 4.69) is 4.99 Å². The summed E-state index contributed by atoms with van der Waals surface area (Å²) in [5, 5.41) is 0. The van der Waals surface area contributed by atoms with Crippen LogP contribution in [0.5, 0.6) is 0 Å². The molecule has 0 unspecified atom stereocenters. The van der Waals surface area contributed by atoms with Crippen molar-refractivity contribution >= 4 is 46.7 Å². The average Bonchev–Trinajstić information content (AvgIpc) is 2.99. The largest absolute Gasteiger partial charge is 0.467 e. The lowest BCUT2D eigenvalue weighted by atomic mass is 9.96. The van der Waals surface area contributed by atoms with E-state index in [1.54, 1.807) is 19.1 Å². The maximum atomic E-state index is 12.1. The summed E-state index contributed by atoms with van der Waals surface area (Å²) in [7, 11) is 1.25. The predicted molar refractivity (Wildman–Crippen MR) is 104 cm³/mol. The van der Waals surface area contributed by atoms with E-state index in [4.69, 9.17) is 53.8 Å². The zero-order chi connectivity index (χ0) is 19.9. The number of ether oxygens (including phenoxy) is 4. The summed E-state index contributed by atoms with van der Waals surface area (Å²) < 4.78 is 19.2. The fraction of sp³-hybridized carbons (Fsp3) is 0.444. The Morgan fingerprint density at radius 1 is 1.30 bits per heavy atom. The van der Waals surface area contributed by atoms with Gasteiger partial charge in [-0.15, -0.1) is 0 Å². The number of halogens is 3. The average molecular weight is 437 g/mol. The second-order valence-corrected chi connectivity index (χ2v) is 8.12. The first-order valence-corrected chi connectivity index (χ1v) is 9.19. The van der Waals surface area contributed by atoms with E-state index >= 15 is 0 Å². The second-order valence-electron chi connectivity index (χ2n) is 5.84. The van der Waals surface area contributed by atoms with Crippen LogP contribution in [0.2, 0.25) is 0 Å². The van der Waals surface area contributed by atoms with Crippen LogP contribution in [0.25, 0.3) is 0 Å². The number of esters is 1. The van der Waals surface area contributed by atoms with Gasteiger partial charge < -0.3 is 18.9 Å². The van der Waals surface area contributed by atoms with Crippen LogP contribution < -0.4 is 0 Å². The summed E-state index contributed by atoms with van der Waals surface area (Å²) in [5.41, 5.74) is -0.296. The topological polar surface area (TPSA) is 66.4 Å². The van der Waals surface area contributed by atoms with Crippen molar-refractivity contribution in [1.29, 1.82) is 0 Å². The summed E-state index contributed by atoms with van der Waals surface area (Å²) in [6.45, 7) is 2.36. The first-order valence-electron chi connectivity index (χ1n) is 8.05. The number of alkyl halides is 3. The van der Waals surface area contributed by atoms with Crippen LogP contribution in [0.1, 0.15) is 12.5 Å². The Morgan fingerprint density at radius 2 is 2.00 bits per heavy atom. The lowest BCUT2D eigenvalue weighted by molar-refractivity contribution is -0.147. The van der Waals surface area contributed by atoms with Gasteiger partial charge in [-0.2, -0.15) is 0 Å². The summed E-state index contributed by atoms with van der Waals surface area (Å²) in [6.07, 6.45) is 2.50. The van der Waals surface area contributed by atoms with Gasteiger partial charge in [-0.25, -0.2) is 9.79 Å². The summed E-state index contributed by atoms with van der Waals surface area (Å²) >= 11 is 17.4. The molecule has 0 amide bonds. The Morgan fingerprint density at radius 3 is 2.63 bits per heavy atom. The molecule has 0 fully saturated rings. The molecule has 2 atom stereocenters. The number of benzene rings is 1. The van der Waals surface area contributed by atoms with E-state index < -0.39 is 21.4 Å². The van der Waals surface area contributed by atoms with Crippen LogP contribution in [-0.4, -0.2) is 47.8 Å². The van der Waals surface area contributed by atoms with Gasteiger partial charge in [0.05, 0.1) is 20.3 Å². The van der Waals surface area contributed by atoms with Crippen molar-refractivity contribution in [2.45, 2.75) is 29.0 Å². The van der Waals surface area contributed by atoms with Crippen LogP contribution >= 0.6 is 34.8 Å². The van der Waals surface area contributed by atoms with Gasteiger partial charge in [0.25, 0.3) is 3.79 Å². The molecular weight excluding hydrogens is 417 g/mol. The Balaban J connectivity index is 1.83. The molecule has 0 saturated heterocycles. The highest BCUT2D eigenvalue weighted by Crippen LogP contribution is 2.37. The first-order chi connectivity index (χ1) is 12.8. The highest BCUT2D eigenvalue weighted by molar-refractivity contribution is 6.76. The van der Waals surface area contributed by atoms with Gasteiger partial charge in [-0.1, -0.05) is 71.2 Å². The molecule has 27 heavy (non-hydrogen) atoms.